The zero-order chi connectivity index (χ0) is 15.2. The van der Waals surface area contributed by atoms with Crippen LogP contribution in [0.3, 0.4) is 0 Å². The lowest BCUT2D eigenvalue weighted by molar-refractivity contribution is 0.129. The highest BCUT2D eigenvalue weighted by atomic mass is 19.1. The third-order valence-electron chi connectivity index (χ3n) is 4.41. The molecule has 2 unspecified atom stereocenters. The van der Waals surface area contributed by atoms with Gasteiger partial charge in [-0.05, 0) is 62.9 Å². The van der Waals surface area contributed by atoms with Crippen LogP contribution in [0.4, 0.5) is 4.39 Å². The van der Waals surface area contributed by atoms with Crippen molar-refractivity contribution >= 4 is 0 Å². The first kappa shape index (κ1) is 16.4. The van der Waals surface area contributed by atoms with Crippen LogP contribution in [0.1, 0.15) is 39.2 Å². The third kappa shape index (κ3) is 5.40. The van der Waals surface area contributed by atoms with Gasteiger partial charge in [0.15, 0.2) is 0 Å². The number of nitrogens with zero attached hydrogens (tertiary/aromatic N) is 1. The Morgan fingerprint density at radius 3 is 2.86 bits per heavy atom. The normalized spacial score (nSPS) is 21.7. The van der Waals surface area contributed by atoms with E-state index in [9.17, 15) is 4.39 Å². The zero-order valence-corrected chi connectivity index (χ0v) is 13.6. The second-order valence-corrected chi connectivity index (χ2v) is 6.75. The Morgan fingerprint density at radius 2 is 2.14 bits per heavy atom. The molecule has 0 aromatic heterocycles. The minimum absolute atomic E-state index is 0.127. The zero-order valence-electron chi connectivity index (χ0n) is 13.6. The van der Waals surface area contributed by atoms with Gasteiger partial charge in [0.25, 0.3) is 0 Å². The molecule has 2 rings (SSSR count). The predicted molar refractivity (Wildman–Crippen MR) is 87.0 cm³/mol. The summed E-state index contributed by atoms with van der Waals surface area (Å²) in [5, 5.41) is 3.56. The second kappa shape index (κ2) is 7.90. The molecule has 1 aromatic carbocycles. The largest absolute Gasteiger partial charge is 0.314 e. The molecule has 1 heterocycles. The van der Waals surface area contributed by atoms with Crippen molar-refractivity contribution in [3.63, 3.8) is 0 Å². The van der Waals surface area contributed by atoms with Crippen molar-refractivity contribution < 1.29 is 4.39 Å². The first-order chi connectivity index (χ1) is 10.0. The third-order valence-corrected chi connectivity index (χ3v) is 4.41. The van der Waals surface area contributed by atoms with E-state index in [0.717, 1.165) is 31.0 Å². The molecule has 1 fully saturated rings. The van der Waals surface area contributed by atoms with Gasteiger partial charge in [0.2, 0.25) is 0 Å². The summed E-state index contributed by atoms with van der Waals surface area (Å²) in [5.41, 5.74) is 1.10. The molecule has 0 aliphatic carbocycles. The van der Waals surface area contributed by atoms with E-state index in [-0.39, 0.29) is 5.82 Å². The molecule has 118 valence electrons. The van der Waals surface area contributed by atoms with Gasteiger partial charge < -0.3 is 10.2 Å². The van der Waals surface area contributed by atoms with Crippen molar-refractivity contribution in [2.75, 3.05) is 19.6 Å². The fourth-order valence-corrected chi connectivity index (χ4v) is 3.20. The summed E-state index contributed by atoms with van der Waals surface area (Å²) in [6.45, 7) is 10.1. The van der Waals surface area contributed by atoms with Gasteiger partial charge in [0.1, 0.15) is 5.82 Å². The van der Waals surface area contributed by atoms with Crippen LogP contribution in [0.2, 0.25) is 0 Å². The number of rotatable bonds is 6. The van der Waals surface area contributed by atoms with Gasteiger partial charge in [0.05, 0.1) is 0 Å². The summed E-state index contributed by atoms with van der Waals surface area (Å²) >= 11 is 0. The maximum Gasteiger partial charge on any atom is 0.123 e. The Bertz CT molecular complexity index is 433. The molecule has 21 heavy (non-hydrogen) atoms. The van der Waals surface area contributed by atoms with Gasteiger partial charge in [0, 0.05) is 18.6 Å². The number of hydrogen-bond donors (Lipinski definition) is 1. The summed E-state index contributed by atoms with van der Waals surface area (Å²) in [5.74, 6) is 0.619. The van der Waals surface area contributed by atoms with E-state index in [1.807, 2.05) is 12.1 Å². The molecular formula is C18H29FN2. The Balaban J connectivity index is 1.85. The summed E-state index contributed by atoms with van der Waals surface area (Å²) in [4.78, 5) is 2.57. The topological polar surface area (TPSA) is 15.3 Å². The van der Waals surface area contributed by atoms with Crippen LogP contribution in [-0.4, -0.2) is 36.6 Å². The minimum Gasteiger partial charge on any atom is -0.314 e. The average Bonchev–Trinajstić information content (AvgIpc) is 2.45. The molecule has 3 heteroatoms. The fourth-order valence-electron chi connectivity index (χ4n) is 3.20. The van der Waals surface area contributed by atoms with Crippen LogP contribution in [0.25, 0.3) is 0 Å². The second-order valence-electron chi connectivity index (χ2n) is 6.75. The Labute approximate surface area is 128 Å². The first-order valence-corrected chi connectivity index (χ1v) is 8.26. The Hall–Kier alpha value is -0.930. The lowest BCUT2D eigenvalue weighted by Crippen LogP contribution is -2.45. The molecule has 2 atom stereocenters. The molecule has 1 aromatic rings. The number of halogens is 1. The number of benzene rings is 1. The smallest absolute Gasteiger partial charge is 0.123 e. The van der Waals surface area contributed by atoms with Gasteiger partial charge >= 0.3 is 0 Å². The molecule has 1 aliphatic rings. The quantitative estimate of drug-likeness (QED) is 0.863. The number of hydrogen-bond acceptors (Lipinski definition) is 2. The molecule has 0 saturated carbocycles. The standard InChI is InChI=1S/C18H29FN2/c1-14(2)20-12-17-7-5-9-21(13-17)15(3)10-16-6-4-8-18(19)11-16/h4,6,8,11,14-15,17,20H,5,7,9-10,12-13H2,1-3H3. The summed E-state index contributed by atoms with van der Waals surface area (Å²) in [6, 6.07) is 8.06. The number of piperidine rings is 1. The molecule has 1 aliphatic heterocycles. The predicted octanol–water partition coefficient (Wildman–Crippen LogP) is 3.47. The van der Waals surface area contributed by atoms with Crippen LogP contribution in [0.5, 0.6) is 0 Å². The van der Waals surface area contributed by atoms with E-state index in [1.165, 1.54) is 25.5 Å². The van der Waals surface area contributed by atoms with E-state index >= 15 is 0 Å². The summed E-state index contributed by atoms with van der Waals surface area (Å²) < 4.78 is 13.3. The van der Waals surface area contributed by atoms with Crippen molar-refractivity contribution in [2.24, 2.45) is 5.92 Å². The number of nitrogens with one attached hydrogen (secondary N) is 1. The van der Waals surface area contributed by atoms with Crippen LogP contribution in [0.15, 0.2) is 24.3 Å². The van der Waals surface area contributed by atoms with Crippen molar-refractivity contribution in [1.82, 2.24) is 10.2 Å². The Morgan fingerprint density at radius 1 is 1.33 bits per heavy atom. The minimum atomic E-state index is -0.127. The van der Waals surface area contributed by atoms with E-state index in [2.05, 4.69) is 31.0 Å². The molecule has 0 bridgehead atoms. The van der Waals surface area contributed by atoms with Crippen molar-refractivity contribution in [3.8, 4) is 0 Å². The van der Waals surface area contributed by atoms with Crippen LogP contribution < -0.4 is 5.32 Å². The van der Waals surface area contributed by atoms with Crippen LogP contribution in [-0.2, 0) is 6.42 Å². The number of likely N-dealkylation sites (tertiary alicyclic amines) is 1. The fraction of sp³-hybridized carbons (Fsp3) is 0.667. The van der Waals surface area contributed by atoms with Gasteiger partial charge in [-0.3, -0.25) is 0 Å². The molecule has 2 nitrogen and oxygen atoms in total. The molecule has 1 N–H and O–H groups in total. The molecular weight excluding hydrogens is 263 g/mol. The van der Waals surface area contributed by atoms with Crippen molar-refractivity contribution in [1.29, 1.82) is 0 Å². The molecule has 1 saturated heterocycles. The highest BCUT2D eigenvalue weighted by molar-refractivity contribution is 5.17. The lowest BCUT2D eigenvalue weighted by Gasteiger charge is -2.37. The maximum atomic E-state index is 13.3. The first-order valence-electron chi connectivity index (χ1n) is 8.26. The van der Waals surface area contributed by atoms with E-state index in [4.69, 9.17) is 0 Å². The summed E-state index contributed by atoms with van der Waals surface area (Å²) in [6.07, 6.45) is 3.53. The molecule has 0 spiro atoms. The van der Waals surface area contributed by atoms with Gasteiger partial charge in [-0.2, -0.15) is 0 Å². The van der Waals surface area contributed by atoms with E-state index in [1.54, 1.807) is 6.07 Å². The highest BCUT2D eigenvalue weighted by Crippen LogP contribution is 2.20. The maximum absolute atomic E-state index is 13.3. The van der Waals surface area contributed by atoms with Gasteiger partial charge in [-0.15, -0.1) is 0 Å². The Kier molecular flexibility index (Phi) is 6.19. The highest BCUT2D eigenvalue weighted by Gasteiger charge is 2.23. The molecule has 0 radical (unpaired) electrons. The lowest BCUT2D eigenvalue weighted by atomic mass is 9.95. The monoisotopic (exact) mass is 292 g/mol. The van der Waals surface area contributed by atoms with Crippen molar-refractivity contribution in [3.05, 3.63) is 35.6 Å². The van der Waals surface area contributed by atoms with Crippen molar-refractivity contribution in [2.45, 2.75) is 52.1 Å². The van der Waals surface area contributed by atoms with Crippen LogP contribution >= 0.6 is 0 Å². The van der Waals surface area contributed by atoms with Gasteiger partial charge in [-0.1, -0.05) is 26.0 Å². The van der Waals surface area contributed by atoms with E-state index < -0.39 is 0 Å². The van der Waals surface area contributed by atoms with Crippen LogP contribution in [0, 0.1) is 11.7 Å². The average molecular weight is 292 g/mol. The SMILES string of the molecule is CC(C)NCC1CCCN(C(C)Cc2cccc(F)c2)C1. The summed E-state index contributed by atoms with van der Waals surface area (Å²) in [7, 11) is 0. The van der Waals surface area contributed by atoms with Gasteiger partial charge in [-0.25, -0.2) is 4.39 Å². The van der Waals surface area contributed by atoms with E-state index in [0.29, 0.717) is 12.1 Å². The molecule has 0 amide bonds.